The lowest BCUT2D eigenvalue weighted by Gasteiger charge is -1.82. The van der Waals surface area contributed by atoms with Gasteiger partial charge in [-0.15, -0.1) is 0 Å². The van der Waals surface area contributed by atoms with Gasteiger partial charge in [0, 0.05) is 0 Å². The standard InChI is InChI=1S/C3H3BrNO/c4-3-1-5-6-2-3/h1-3H. The highest BCUT2D eigenvalue weighted by Gasteiger charge is 2.05. The number of rotatable bonds is 0. The van der Waals surface area contributed by atoms with E-state index in [4.69, 9.17) is 0 Å². The maximum atomic E-state index is 4.45. The van der Waals surface area contributed by atoms with Crippen LogP contribution in [0.15, 0.2) is 5.16 Å². The Labute approximate surface area is 44.3 Å². The van der Waals surface area contributed by atoms with E-state index < -0.39 is 0 Å². The molecule has 0 spiro atoms. The van der Waals surface area contributed by atoms with Crippen LogP contribution in [0.4, 0.5) is 0 Å². The van der Waals surface area contributed by atoms with Gasteiger partial charge in [0.05, 0.1) is 11.0 Å². The predicted octanol–water partition coefficient (Wildman–Crippen LogP) is 0.928. The number of hydrogen-bond acceptors (Lipinski definition) is 2. The van der Waals surface area contributed by atoms with Crippen LogP contribution < -0.4 is 0 Å². The summed E-state index contributed by atoms with van der Waals surface area (Å²) in [6.07, 6.45) is 1.67. The molecule has 0 bridgehead atoms. The van der Waals surface area contributed by atoms with E-state index in [1.54, 1.807) is 12.8 Å². The van der Waals surface area contributed by atoms with Gasteiger partial charge in [0.2, 0.25) is 0 Å². The van der Waals surface area contributed by atoms with Crippen LogP contribution in [0.1, 0.15) is 0 Å². The first-order valence-electron chi connectivity index (χ1n) is 1.56. The summed E-state index contributed by atoms with van der Waals surface area (Å²) in [5.74, 6) is 0. The topological polar surface area (TPSA) is 21.6 Å². The Morgan fingerprint density at radius 3 is 2.83 bits per heavy atom. The van der Waals surface area contributed by atoms with Crippen molar-refractivity contribution in [2.45, 2.75) is 4.83 Å². The van der Waals surface area contributed by atoms with Crippen LogP contribution in [0.25, 0.3) is 0 Å². The van der Waals surface area contributed by atoms with E-state index in [0.717, 1.165) is 0 Å². The zero-order valence-electron chi connectivity index (χ0n) is 2.97. The SMILES string of the molecule is BrC1[CH]ON=C1. The minimum absolute atomic E-state index is 0.220. The molecular weight excluding hydrogens is 146 g/mol. The van der Waals surface area contributed by atoms with E-state index in [9.17, 15) is 0 Å². The summed E-state index contributed by atoms with van der Waals surface area (Å²) >= 11 is 3.21. The Morgan fingerprint density at radius 2 is 2.67 bits per heavy atom. The molecule has 0 aromatic rings. The fourth-order valence-corrected chi connectivity index (χ4v) is 0.415. The molecule has 0 N–H and O–H groups in total. The Balaban J connectivity index is 2.38. The molecule has 1 aliphatic heterocycles. The minimum atomic E-state index is 0.220. The average molecular weight is 149 g/mol. The van der Waals surface area contributed by atoms with Crippen molar-refractivity contribution in [1.29, 1.82) is 0 Å². The van der Waals surface area contributed by atoms with Gasteiger partial charge in [-0.05, 0) is 0 Å². The third-order valence-corrected chi connectivity index (χ3v) is 0.907. The number of halogens is 1. The van der Waals surface area contributed by atoms with Crippen LogP contribution in [0.2, 0.25) is 0 Å². The fourth-order valence-electron chi connectivity index (χ4n) is 0.222. The van der Waals surface area contributed by atoms with Crippen LogP contribution >= 0.6 is 15.9 Å². The molecule has 0 saturated carbocycles. The van der Waals surface area contributed by atoms with Gasteiger partial charge in [0.25, 0.3) is 0 Å². The highest BCUT2D eigenvalue weighted by molar-refractivity contribution is 9.10. The first-order valence-corrected chi connectivity index (χ1v) is 2.48. The quantitative estimate of drug-likeness (QED) is 0.469. The lowest BCUT2D eigenvalue weighted by molar-refractivity contribution is 0.236. The Morgan fingerprint density at radius 1 is 1.83 bits per heavy atom. The maximum absolute atomic E-state index is 4.45. The second-order valence-electron chi connectivity index (χ2n) is 0.940. The van der Waals surface area contributed by atoms with E-state index in [2.05, 4.69) is 25.9 Å². The van der Waals surface area contributed by atoms with Crippen LogP contribution in [0.3, 0.4) is 0 Å². The molecular formula is C3H3BrNO. The summed E-state index contributed by atoms with van der Waals surface area (Å²) in [4.78, 5) is 4.67. The minimum Gasteiger partial charge on any atom is -0.387 e. The summed E-state index contributed by atoms with van der Waals surface area (Å²) in [6, 6.07) is 0. The first kappa shape index (κ1) is 4.12. The van der Waals surface area contributed by atoms with Crippen LogP contribution in [-0.4, -0.2) is 11.0 Å². The number of hydrogen-bond donors (Lipinski definition) is 0. The van der Waals surface area contributed by atoms with Crippen molar-refractivity contribution in [3.05, 3.63) is 6.61 Å². The van der Waals surface area contributed by atoms with Gasteiger partial charge in [-0.1, -0.05) is 21.1 Å². The van der Waals surface area contributed by atoms with Crippen molar-refractivity contribution in [3.8, 4) is 0 Å². The van der Waals surface area contributed by atoms with E-state index >= 15 is 0 Å². The van der Waals surface area contributed by atoms with Crippen LogP contribution in [0, 0.1) is 6.61 Å². The van der Waals surface area contributed by atoms with Gasteiger partial charge in [-0.25, -0.2) is 0 Å². The fraction of sp³-hybridized carbons (Fsp3) is 0.333. The van der Waals surface area contributed by atoms with Gasteiger partial charge in [-0.2, -0.15) is 0 Å². The first-order chi connectivity index (χ1) is 2.89. The van der Waals surface area contributed by atoms with Crippen LogP contribution in [-0.2, 0) is 4.84 Å². The summed E-state index contributed by atoms with van der Waals surface area (Å²) in [5.41, 5.74) is 0. The molecule has 0 amide bonds. The highest BCUT2D eigenvalue weighted by atomic mass is 79.9. The van der Waals surface area contributed by atoms with Crippen molar-refractivity contribution in [1.82, 2.24) is 0 Å². The van der Waals surface area contributed by atoms with E-state index in [1.165, 1.54) is 0 Å². The molecule has 0 saturated heterocycles. The summed E-state index contributed by atoms with van der Waals surface area (Å²) in [7, 11) is 0. The third kappa shape index (κ3) is 0.712. The van der Waals surface area contributed by atoms with Crippen molar-refractivity contribution in [2.24, 2.45) is 5.16 Å². The van der Waals surface area contributed by atoms with Crippen molar-refractivity contribution >= 4 is 22.1 Å². The molecule has 3 heteroatoms. The average Bonchev–Trinajstić information content (AvgIpc) is 1.86. The normalized spacial score (nSPS) is 30.5. The smallest absolute Gasteiger partial charge is 0.185 e. The molecule has 1 rings (SSSR count). The molecule has 6 heavy (non-hydrogen) atoms. The largest absolute Gasteiger partial charge is 0.387 e. The van der Waals surface area contributed by atoms with E-state index in [1.807, 2.05) is 0 Å². The molecule has 2 nitrogen and oxygen atoms in total. The molecule has 1 radical (unpaired) electrons. The molecule has 1 atom stereocenters. The van der Waals surface area contributed by atoms with E-state index in [-0.39, 0.29) is 4.83 Å². The van der Waals surface area contributed by atoms with Gasteiger partial charge >= 0.3 is 0 Å². The van der Waals surface area contributed by atoms with Gasteiger partial charge in [0.15, 0.2) is 6.61 Å². The Bertz CT molecular complexity index is 73.2. The molecule has 1 unspecified atom stereocenters. The lowest BCUT2D eigenvalue weighted by atomic mass is 10.5. The second-order valence-corrected chi connectivity index (χ2v) is 2.00. The van der Waals surface area contributed by atoms with Crippen molar-refractivity contribution in [3.63, 3.8) is 0 Å². The van der Waals surface area contributed by atoms with Gasteiger partial charge in [-0.3, -0.25) is 0 Å². The van der Waals surface area contributed by atoms with E-state index in [0.29, 0.717) is 0 Å². The van der Waals surface area contributed by atoms with Gasteiger partial charge < -0.3 is 4.84 Å². The molecule has 33 valence electrons. The Hall–Kier alpha value is -0.0500. The highest BCUT2D eigenvalue weighted by Crippen LogP contribution is 2.07. The molecule has 0 aliphatic carbocycles. The number of oxime groups is 1. The monoisotopic (exact) mass is 148 g/mol. The summed E-state index contributed by atoms with van der Waals surface area (Å²) < 4.78 is 0. The zero-order valence-corrected chi connectivity index (χ0v) is 4.55. The third-order valence-electron chi connectivity index (χ3n) is 0.455. The van der Waals surface area contributed by atoms with Crippen molar-refractivity contribution < 1.29 is 4.84 Å². The molecule has 1 aliphatic rings. The maximum Gasteiger partial charge on any atom is 0.185 e. The summed E-state index contributed by atoms with van der Waals surface area (Å²) in [6.45, 7) is 1.60. The van der Waals surface area contributed by atoms with Crippen LogP contribution in [0.5, 0.6) is 0 Å². The Kier molecular flexibility index (Phi) is 1.10. The van der Waals surface area contributed by atoms with Crippen molar-refractivity contribution in [2.75, 3.05) is 0 Å². The summed E-state index contributed by atoms with van der Waals surface area (Å²) in [5, 5.41) is 3.44. The van der Waals surface area contributed by atoms with Gasteiger partial charge in [0.1, 0.15) is 0 Å². The molecule has 0 aromatic heterocycles. The lowest BCUT2D eigenvalue weighted by Crippen LogP contribution is -1.89. The molecule has 0 fully saturated rings. The molecule has 0 aromatic carbocycles. The number of nitrogens with zero attached hydrogens (tertiary/aromatic N) is 1. The number of alkyl halides is 1. The zero-order chi connectivity index (χ0) is 4.41. The molecule has 1 heterocycles. The predicted molar refractivity (Wildman–Crippen MR) is 26.6 cm³/mol. The second kappa shape index (κ2) is 1.60.